The smallest absolute Gasteiger partial charge is 0.212 e. The molecular formula is C14H23N3O. The fourth-order valence-electron chi connectivity index (χ4n) is 2.37. The molecule has 100 valence electrons. The van der Waals surface area contributed by atoms with Gasteiger partial charge in [-0.25, -0.2) is 4.98 Å². The summed E-state index contributed by atoms with van der Waals surface area (Å²) < 4.78 is 5.07. The highest BCUT2D eigenvalue weighted by Gasteiger charge is 2.21. The highest BCUT2D eigenvalue weighted by atomic mass is 16.5. The van der Waals surface area contributed by atoms with E-state index in [1.165, 1.54) is 24.9 Å². The van der Waals surface area contributed by atoms with Gasteiger partial charge in [0.1, 0.15) is 0 Å². The van der Waals surface area contributed by atoms with E-state index in [0.717, 1.165) is 19.6 Å². The summed E-state index contributed by atoms with van der Waals surface area (Å²) in [4.78, 5) is 6.73. The predicted molar refractivity (Wildman–Crippen MR) is 72.8 cm³/mol. The molecule has 1 aromatic heterocycles. The minimum Gasteiger partial charge on any atom is -0.481 e. The second-order valence-corrected chi connectivity index (χ2v) is 4.88. The zero-order valence-electron chi connectivity index (χ0n) is 11.4. The summed E-state index contributed by atoms with van der Waals surface area (Å²) in [6.07, 6.45) is 4.37. The van der Waals surface area contributed by atoms with E-state index in [2.05, 4.69) is 28.2 Å². The van der Waals surface area contributed by atoms with Crippen molar-refractivity contribution in [2.24, 2.45) is 0 Å². The number of aromatic nitrogens is 1. The van der Waals surface area contributed by atoms with Crippen LogP contribution in [0.1, 0.15) is 25.3 Å². The molecule has 0 amide bonds. The Kier molecular flexibility index (Phi) is 4.96. The van der Waals surface area contributed by atoms with E-state index in [1.807, 2.05) is 12.3 Å². The second-order valence-electron chi connectivity index (χ2n) is 4.88. The van der Waals surface area contributed by atoms with Crippen LogP contribution < -0.4 is 10.1 Å². The minimum atomic E-state index is 0.663. The van der Waals surface area contributed by atoms with Crippen molar-refractivity contribution in [1.29, 1.82) is 0 Å². The monoisotopic (exact) mass is 249 g/mol. The predicted octanol–water partition coefficient (Wildman–Crippen LogP) is 1.66. The SMILES string of the molecule is CCCNC1CCN(Cc2ccc(OC)nc2)C1. The summed E-state index contributed by atoms with van der Waals surface area (Å²) in [7, 11) is 1.65. The average molecular weight is 249 g/mol. The lowest BCUT2D eigenvalue weighted by molar-refractivity contribution is 0.319. The Morgan fingerprint density at radius 2 is 2.39 bits per heavy atom. The van der Waals surface area contributed by atoms with Crippen molar-refractivity contribution in [3.8, 4) is 5.88 Å². The van der Waals surface area contributed by atoms with Gasteiger partial charge in [0.05, 0.1) is 7.11 Å². The number of hydrogen-bond donors (Lipinski definition) is 1. The molecule has 1 aliphatic rings. The van der Waals surface area contributed by atoms with Gasteiger partial charge in [-0.2, -0.15) is 0 Å². The van der Waals surface area contributed by atoms with E-state index < -0.39 is 0 Å². The van der Waals surface area contributed by atoms with Crippen molar-refractivity contribution in [2.75, 3.05) is 26.7 Å². The molecule has 0 saturated carbocycles. The highest BCUT2D eigenvalue weighted by molar-refractivity contribution is 5.17. The topological polar surface area (TPSA) is 37.4 Å². The number of ether oxygens (including phenoxy) is 1. The van der Waals surface area contributed by atoms with Crippen LogP contribution in [-0.4, -0.2) is 42.7 Å². The summed E-state index contributed by atoms with van der Waals surface area (Å²) in [6, 6.07) is 4.69. The molecule has 1 aromatic rings. The van der Waals surface area contributed by atoms with E-state index >= 15 is 0 Å². The molecule has 18 heavy (non-hydrogen) atoms. The molecular weight excluding hydrogens is 226 g/mol. The Labute approximate surface area is 109 Å². The second kappa shape index (κ2) is 6.71. The van der Waals surface area contributed by atoms with Crippen LogP contribution in [0.3, 0.4) is 0 Å². The molecule has 1 atom stereocenters. The summed E-state index contributed by atoms with van der Waals surface area (Å²) in [5.41, 5.74) is 1.26. The van der Waals surface area contributed by atoms with Crippen molar-refractivity contribution in [2.45, 2.75) is 32.4 Å². The average Bonchev–Trinajstić information content (AvgIpc) is 2.85. The van der Waals surface area contributed by atoms with Crippen LogP contribution in [0.15, 0.2) is 18.3 Å². The molecule has 2 rings (SSSR count). The molecule has 0 spiro atoms. The van der Waals surface area contributed by atoms with Gasteiger partial charge >= 0.3 is 0 Å². The Morgan fingerprint density at radius 3 is 3.06 bits per heavy atom. The molecule has 1 fully saturated rings. The highest BCUT2D eigenvalue weighted by Crippen LogP contribution is 2.14. The van der Waals surface area contributed by atoms with E-state index in [9.17, 15) is 0 Å². The van der Waals surface area contributed by atoms with Crippen molar-refractivity contribution >= 4 is 0 Å². The molecule has 4 heteroatoms. The maximum atomic E-state index is 5.07. The van der Waals surface area contributed by atoms with Crippen LogP contribution >= 0.6 is 0 Å². The van der Waals surface area contributed by atoms with Gasteiger partial charge < -0.3 is 10.1 Å². The van der Waals surface area contributed by atoms with Gasteiger partial charge in [-0.1, -0.05) is 13.0 Å². The third kappa shape index (κ3) is 3.68. The lowest BCUT2D eigenvalue weighted by atomic mass is 10.2. The summed E-state index contributed by atoms with van der Waals surface area (Å²) >= 11 is 0. The number of rotatable bonds is 6. The summed E-state index contributed by atoms with van der Waals surface area (Å²) in [5.74, 6) is 0.683. The van der Waals surface area contributed by atoms with Gasteiger partial charge in [0, 0.05) is 37.9 Å². The van der Waals surface area contributed by atoms with Crippen LogP contribution in [0.2, 0.25) is 0 Å². The van der Waals surface area contributed by atoms with E-state index in [-0.39, 0.29) is 0 Å². The number of pyridine rings is 1. The molecule has 0 bridgehead atoms. The third-order valence-corrected chi connectivity index (χ3v) is 3.37. The Hall–Kier alpha value is -1.13. The van der Waals surface area contributed by atoms with Gasteiger partial charge in [0.25, 0.3) is 0 Å². The van der Waals surface area contributed by atoms with Crippen molar-refractivity contribution < 1.29 is 4.74 Å². The van der Waals surface area contributed by atoms with E-state index in [0.29, 0.717) is 11.9 Å². The van der Waals surface area contributed by atoms with Crippen molar-refractivity contribution in [3.63, 3.8) is 0 Å². The molecule has 0 aliphatic carbocycles. The maximum Gasteiger partial charge on any atom is 0.212 e. The fourth-order valence-corrected chi connectivity index (χ4v) is 2.37. The first-order valence-electron chi connectivity index (χ1n) is 6.76. The lowest BCUT2D eigenvalue weighted by Crippen LogP contribution is -2.32. The zero-order valence-corrected chi connectivity index (χ0v) is 11.4. The zero-order chi connectivity index (χ0) is 12.8. The van der Waals surface area contributed by atoms with Crippen LogP contribution in [0.4, 0.5) is 0 Å². The Bertz CT molecular complexity index is 353. The standard InChI is InChI=1S/C14H23N3O/c1-3-7-15-13-6-8-17(11-13)10-12-4-5-14(18-2)16-9-12/h4-5,9,13,15H,3,6-8,10-11H2,1-2H3. The quantitative estimate of drug-likeness (QED) is 0.832. The van der Waals surface area contributed by atoms with E-state index in [1.54, 1.807) is 7.11 Å². The Balaban J connectivity index is 1.79. The molecule has 2 heterocycles. The first-order valence-corrected chi connectivity index (χ1v) is 6.76. The lowest BCUT2D eigenvalue weighted by Gasteiger charge is -2.16. The first kappa shape index (κ1) is 13.3. The van der Waals surface area contributed by atoms with Gasteiger partial charge in [0.2, 0.25) is 5.88 Å². The molecule has 0 aromatic carbocycles. The van der Waals surface area contributed by atoms with Crippen molar-refractivity contribution in [1.82, 2.24) is 15.2 Å². The summed E-state index contributed by atoms with van der Waals surface area (Å²) in [6.45, 7) is 6.64. The maximum absolute atomic E-state index is 5.07. The molecule has 1 aliphatic heterocycles. The minimum absolute atomic E-state index is 0.663. The number of nitrogens with zero attached hydrogens (tertiary/aromatic N) is 2. The molecule has 1 unspecified atom stereocenters. The number of likely N-dealkylation sites (tertiary alicyclic amines) is 1. The van der Waals surface area contributed by atoms with Crippen LogP contribution in [0.25, 0.3) is 0 Å². The van der Waals surface area contributed by atoms with Gasteiger partial charge in [-0.05, 0) is 24.9 Å². The van der Waals surface area contributed by atoms with Gasteiger partial charge in [-0.3, -0.25) is 4.90 Å². The molecule has 0 radical (unpaired) electrons. The van der Waals surface area contributed by atoms with Crippen LogP contribution in [0, 0.1) is 0 Å². The molecule has 1 saturated heterocycles. The van der Waals surface area contributed by atoms with Gasteiger partial charge in [0.15, 0.2) is 0 Å². The summed E-state index contributed by atoms with van der Waals surface area (Å²) in [5, 5.41) is 3.59. The largest absolute Gasteiger partial charge is 0.481 e. The van der Waals surface area contributed by atoms with Crippen LogP contribution in [0.5, 0.6) is 5.88 Å². The molecule has 1 N–H and O–H groups in total. The fraction of sp³-hybridized carbons (Fsp3) is 0.643. The molecule has 4 nitrogen and oxygen atoms in total. The van der Waals surface area contributed by atoms with Crippen LogP contribution in [-0.2, 0) is 6.54 Å². The Morgan fingerprint density at radius 1 is 1.50 bits per heavy atom. The third-order valence-electron chi connectivity index (χ3n) is 3.37. The van der Waals surface area contributed by atoms with E-state index in [4.69, 9.17) is 4.74 Å². The number of methoxy groups -OCH3 is 1. The van der Waals surface area contributed by atoms with Gasteiger partial charge in [-0.15, -0.1) is 0 Å². The van der Waals surface area contributed by atoms with Crippen molar-refractivity contribution in [3.05, 3.63) is 23.9 Å². The number of nitrogens with one attached hydrogen (secondary N) is 1. The number of hydrogen-bond acceptors (Lipinski definition) is 4. The normalized spacial score (nSPS) is 20.2. The first-order chi connectivity index (χ1) is 8.81.